The number of nitrogens with one attached hydrogen (secondary N) is 3. The van der Waals surface area contributed by atoms with Crippen molar-refractivity contribution >= 4 is 17.7 Å². The number of alkyl halides is 3. The Morgan fingerprint density at radius 2 is 1.41 bits per heavy atom. The molecule has 0 aliphatic carbocycles. The molecule has 0 unspecified atom stereocenters. The van der Waals surface area contributed by atoms with Crippen LogP contribution in [0.15, 0.2) is 48.5 Å². The van der Waals surface area contributed by atoms with Crippen molar-refractivity contribution in [3.8, 4) is 0 Å². The number of carbonyl (C=O) groups excluding carboxylic acids is 3. The molecule has 0 aliphatic rings. The van der Waals surface area contributed by atoms with E-state index < -0.39 is 35.3 Å². The molecule has 0 heterocycles. The first-order valence-electron chi connectivity index (χ1n) is 8.43. The number of rotatable bonds is 7. The number of halogens is 4. The molecule has 0 saturated carbocycles. The molecule has 0 aliphatic heterocycles. The van der Waals surface area contributed by atoms with Gasteiger partial charge in [0.05, 0.1) is 17.7 Å². The Morgan fingerprint density at radius 3 is 2.03 bits per heavy atom. The molecule has 0 radical (unpaired) electrons. The second-order valence-corrected chi connectivity index (χ2v) is 5.84. The minimum atomic E-state index is -4.49. The standard InChI is InChI=1S/C19H17F4N3O3/c20-15-4-2-1-3-14(15)18(29)26-11-16(27)24-9-10-25-17(28)12-5-7-13(8-6-12)19(21,22)23/h1-8H,9-11H2,(H,24,27)(H,25,28)(H,26,29). The molecule has 29 heavy (non-hydrogen) atoms. The molecule has 0 bridgehead atoms. The second-order valence-electron chi connectivity index (χ2n) is 5.84. The zero-order chi connectivity index (χ0) is 21.4. The van der Waals surface area contributed by atoms with Crippen LogP contribution in [0.1, 0.15) is 26.3 Å². The van der Waals surface area contributed by atoms with Gasteiger partial charge in [-0.1, -0.05) is 12.1 Å². The van der Waals surface area contributed by atoms with E-state index in [-0.39, 0.29) is 30.8 Å². The van der Waals surface area contributed by atoms with E-state index in [4.69, 9.17) is 0 Å². The third-order valence-electron chi connectivity index (χ3n) is 3.74. The van der Waals surface area contributed by atoms with Gasteiger partial charge in [-0.3, -0.25) is 14.4 Å². The highest BCUT2D eigenvalue weighted by Crippen LogP contribution is 2.29. The topological polar surface area (TPSA) is 87.3 Å². The summed E-state index contributed by atoms with van der Waals surface area (Å²) < 4.78 is 50.9. The van der Waals surface area contributed by atoms with E-state index in [0.717, 1.165) is 30.3 Å². The van der Waals surface area contributed by atoms with Crippen LogP contribution >= 0.6 is 0 Å². The van der Waals surface area contributed by atoms with Gasteiger partial charge in [0.15, 0.2) is 0 Å². The normalized spacial score (nSPS) is 10.9. The van der Waals surface area contributed by atoms with Crippen molar-refractivity contribution in [1.29, 1.82) is 0 Å². The summed E-state index contributed by atoms with van der Waals surface area (Å²) in [6, 6.07) is 9.01. The fraction of sp³-hybridized carbons (Fsp3) is 0.211. The van der Waals surface area contributed by atoms with E-state index >= 15 is 0 Å². The van der Waals surface area contributed by atoms with E-state index in [2.05, 4.69) is 16.0 Å². The summed E-state index contributed by atoms with van der Waals surface area (Å²) in [6.45, 7) is -0.340. The summed E-state index contributed by atoms with van der Waals surface area (Å²) in [5.74, 6) is -2.61. The van der Waals surface area contributed by atoms with Crippen molar-refractivity contribution in [2.24, 2.45) is 0 Å². The fourth-order valence-corrected chi connectivity index (χ4v) is 2.25. The molecular formula is C19H17F4N3O3. The van der Waals surface area contributed by atoms with Crippen molar-refractivity contribution in [2.75, 3.05) is 19.6 Å². The zero-order valence-corrected chi connectivity index (χ0v) is 15.0. The largest absolute Gasteiger partial charge is 0.416 e. The lowest BCUT2D eigenvalue weighted by molar-refractivity contribution is -0.137. The van der Waals surface area contributed by atoms with Gasteiger partial charge in [-0.05, 0) is 36.4 Å². The third-order valence-corrected chi connectivity index (χ3v) is 3.74. The summed E-state index contributed by atoms with van der Waals surface area (Å²) in [7, 11) is 0. The Morgan fingerprint density at radius 1 is 0.793 bits per heavy atom. The lowest BCUT2D eigenvalue weighted by atomic mass is 10.1. The van der Waals surface area contributed by atoms with E-state index in [9.17, 15) is 31.9 Å². The molecule has 2 aromatic carbocycles. The van der Waals surface area contributed by atoms with Crippen LogP contribution in [0.5, 0.6) is 0 Å². The van der Waals surface area contributed by atoms with E-state index in [1.54, 1.807) is 0 Å². The van der Waals surface area contributed by atoms with Gasteiger partial charge in [0.1, 0.15) is 5.82 Å². The van der Waals surface area contributed by atoms with E-state index in [1.807, 2.05) is 0 Å². The van der Waals surface area contributed by atoms with Crippen LogP contribution < -0.4 is 16.0 Å². The van der Waals surface area contributed by atoms with Gasteiger partial charge in [0.25, 0.3) is 11.8 Å². The maximum absolute atomic E-state index is 13.5. The third kappa shape index (κ3) is 6.59. The number of hydrogen-bond donors (Lipinski definition) is 3. The van der Waals surface area contributed by atoms with Crippen molar-refractivity contribution in [2.45, 2.75) is 6.18 Å². The first kappa shape index (κ1) is 21.9. The van der Waals surface area contributed by atoms with Crippen molar-refractivity contribution in [3.05, 3.63) is 71.0 Å². The van der Waals surface area contributed by atoms with Gasteiger partial charge in [0, 0.05) is 18.7 Å². The Kier molecular flexibility index (Phi) is 7.29. The zero-order valence-electron chi connectivity index (χ0n) is 15.0. The van der Waals surface area contributed by atoms with Crippen molar-refractivity contribution < 1.29 is 31.9 Å². The Hall–Kier alpha value is -3.43. The maximum Gasteiger partial charge on any atom is 0.416 e. The number of hydrogen-bond acceptors (Lipinski definition) is 3. The van der Waals surface area contributed by atoms with Gasteiger partial charge in [-0.25, -0.2) is 4.39 Å². The van der Waals surface area contributed by atoms with Gasteiger partial charge >= 0.3 is 6.18 Å². The van der Waals surface area contributed by atoms with Crippen LogP contribution in [0.4, 0.5) is 17.6 Å². The Labute approximate surface area is 163 Å². The highest BCUT2D eigenvalue weighted by atomic mass is 19.4. The number of benzene rings is 2. The minimum Gasteiger partial charge on any atom is -0.353 e. The SMILES string of the molecule is O=C(CNC(=O)c1ccccc1F)NCCNC(=O)c1ccc(C(F)(F)F)cc1. The molecule has 0 spiro atoms. The summed E-state index contributed by atoms with van der Waals surface area (Å²) in [5, 5.41) is 7.13. The molecular weight excluding hydrogens is 394 g/mol. The Bertz CT molecular complexity index is 883. The molecule has 10 heteroatoms. The molecule has 6 nitrogen and oxygen atoms in total. The molecule has 0 aromatic heterocycles. The average molecular weight is 411 g/mol. The Balaban J connectivity index is 1.69. The average Bonchev–Trinajstić information content (AvgIpc) is 2.69. The quantitative estimate of drug-likeness (QED) is 0.482. The summed E-state index contributed by atoms with van der Waals surface area (Å²) >= 11 is 0. The molecule has 0 fully saturated rings. The minimum absolute atomic E-state index is 0.0207. The molecule has 3 N–H and O–H groups in total. The van der Waals surface area contributed by atoms with Crippen LogP contribution in [0.3, 0.4) is 0 Å². The van der Waals surface area contributed by atoms with Crippen LogP contribution in [-0.2, 0) is 11.0 Å². The molecule has 0 saturated heterocycles. The molecule has 154 valence electrons. The highest BCUT2D eigenvalue weighted by molar-refractivity contribution is 5.96. The highest BCUT2D eigenvalue weighted by Gasteiger charge is 2.30. The lowest BCUT2D eigenvalue weighted by Gasteiger charge is -2.09. The van der Waals surface area contributed by atoms with Crippen molar-refractivity contribution in [1.82, 2.24) is 16.0 Å². The van der Waals surface area contributed by atoms with Gasteiger partial charge in [-0.2, -0.15) is 13.2 Å². The van der Waals surface area contributed by atoms with Gasteiger partial charge in [0.2, 0.25) is 5.91 Å². The summed E-state index contributed by atoms with van der Waals surface area (Å²) in [4.78, 5) is 35.3. The first-order chi connectivity index (χ1) is 13.7. The second kappa shape index (κ2) is 9.67. The molecule has 3 amide bonds. The number of amides is 3. The molecule has 2 aromatic rings. The predicted molar refractivity (Wildman–Crippen MR) is 95.5 cm³/mol. The molecule has 0 atom stereocenters. The van der Waals surface area contributed by atoms with E-state index in [1.165, 1.54) is 18.2 Å². The first-order valence-corrected chi connectivity index (χ1v) is 8.43. The van der Waals surface area contributed by atoms with Crippen LogP contribution in [-0.4, -0.2) is 37.4 Å². The van der Waals surface area contributed by atoms with Crippen LogP contribution in [0.2, 0.25) is 0 Å². The summed E-state index contributed by atoms with van der Waals surface area (Å²) in [6.07, 6.45) is -4.49. The smallest absolute Gasteiger partial charge is 0.353 e. The fourth-order valence-electron chi connectivity index (χ4n) is 2.25. The van der Waals surface area contributed by atoms with Gasteiger partial charge in [-0.15, -0.1) is 0 Å². The lowest BCUT2D eigenvalue weighted by Crippen LogP contribution is -2.40. The maximum atomic E-state index is 13.5. The number of carbonyl (C=O) groups is 3. The van der Waals surface area contributed by atoms with Gasteiger partial charge < -0.3 is 16.0 Å². The van der Waals surface area contributed by atoms with E-state index in [0.29, 0.717) is 0 Å². The molecule has 2 rings (SSSR count). The predicted octanol–water partition coefficient (Wildman–Crippen LogP) is 2.12. The monoisotopic (exact) mass is 411 g/mol. The van der Waals surface area contributed by atoms with Crippen LogP contribution in [0, 0.1) is 5.82 Å². The summed E-state index contributed by atoms with van der Waals surface area (Å²) in [5.41, 5.74) is -1.01. The van der Waals surface area contributed by atoms with Crippen molar-refractivity contribution in [3.63, 3.8) is 0 Å². The van der Waals surface area contributed by atoms with Crippen LogP contribution in [0.25, 0.3) is 0 Å².